The van der Waals surface area contributed by atoms with Crippen molar-refractivity contribution in [2.24, 2.45) is 0 Å². The van der Waals surface area contributed by atoms with Crippen molar-refractivity contribution in [2.45, 2.75) is 45.5 Å². The molecule has 0 aliphatic rings. The topological polar surface area (TPSA) is 58.2 Å². The van der Waals surface area contributed by atoms with Crippen LogP contribution in [0.5, 0.6) is 0 Å². The Kier molecular flexibility index (Phi) is 6.48. The third kappa shape index (κ3) is 6.18. The lowest BCUT2D eigenvalue weighted by Crippen LogP contribution is -2.32. The van der Waals surface area contributed by atoms with E-state index < -0.39 is 10.0 Å². The van der Waals surface area contributed by atoms with Gasteiger partial charge in [0.15, 0.2) is 0 Å². The normalized spacial score (nSPS) is 13.4. The summed E-state index contributed by atoms with van der Waals surface area (Å²) in [6, 6.07) is 7.68. The van der Waals surface area contributed by atoms with E-state index in [0.717, 1.165) is 30.6 Å². The molecule has 0 bridgehead atoms. The molecule has 1 rings (SSSR count). The highest BCUT2D eigenvalue weighted by Gasteiger charge is 2.14. The molecule has 0 saturated carbocycles. The van der Waals surface area contributed by atoms with Crippen LogP contribution in [0.25, 0.3) is 0 Å². The Morgan fingerprint density at radius 1 is 1.11 bits per heavy atom. The maximum atomic E-state index is 11.9. The SMILES string of the molecule is CCNCc1ccc(CS(=O)(=O)NC(C)CC)cc1. The van der Waals surface area contributed by atoms with Crippen molar-refractivity contribution in [3.8, 4) is 0 Å². The third-order valence-electron chi connectivity index (χ3n) is 2.95. The van der Waals surface area contributed by atoms with Gasteiger partial charge in [-0.25, -0.2) is 13.1 Å². The van der Waals surface area contributed by atoms with Gasteiger partial charge in [0, 0.05) is 12.6 Å². The fraction of sp³-hybridized carbons (Fsp3) is 0.571. The van der Waals surface area contributed by atoms with E-state index in [2.05, 4.69) is 17.0 Å². The molecule has 0 fully saturated rings. The molecule has 0 saturated heterocycles. The summed E-state index contributed by atoms with van der Waals surface area (Å²) < 4.78 is 26.5. The Balaban J connectivity index is 2.62. The summed E-state index contributed by atoms with van der Waals surface area (Å²) in [7, 11) is -3.24. The summed E-state index contributed by atoms with van der Waals surface area (Å²) in [4.78, 5) is 0. The van der Waals surface area contributed by atoms with Gasteiger partial charge in [0.25, 0.3) is 0 Å². The first-order chi connectivity index (χ1) is 8.96. The molecule has 1 aromatic rings. The van der Waals surface area contributed by atoms with Crippen molar-refractivity contribution in [1.82, 2.24) is 10.0 Å². The maximum absolute atomic E-state index is 11.9. The zero-order valence-electron chi connectivity index (χ0n) is 11.9. The summed E-state index contributed by atoms with van der Waals surface area (Å²) in [5.41, 5.74) is 1.98. The molecule has 108 valence electrons. The van der Waals surface area contributed by atoms with Gasteiger partial charge >= 0.3 is 0 Å². The predicted molar refractivity (Wildman–Crippen MR) is 79.3 cm³/mol. The number of sulfonamides is 1. The highest BCUT2D eigenvalue weighted by atomic mass is 32.2. The van der Waals surface area contributed by atoms with E-state index in [0.29, 0.717) is 0 Å². The number of rotatable bonds is 8. The first-order valence-corrected chi connectivity index (χ1v) is 8.40. The van der Waals surface area contributed by atoms with Crippen LogP contribution in [-0.4, -0.2) is 21.0 Å². The monoisotopic (exact) mass is 284 g/mol. The third-order valence-corrected chi connectivity index (χ3v) is 4.43. The van der Waals surface area contributed by atoms with Crippen molar-refractivity contribution in [1.29, 1.82) is 0 Å². The van der Waals surface area contributed by atoms with Gasteiger partial charge in [0.05, 0.1) is 5.75 Å². The van der Waals surface area contributed by atoms with Crippen LogP contribution in [0.15, 0.2) is 24.3 Å². The average Bonchev–Trinajstić information content (AvgIpc) is 2.37. The van der Waals surface area contributed by atoms with Crippen LogP contribution >= 0.6 is 0 Å². The highest BCUT2D eigenvalue weighted by molar-refractivity contribution is 7.88. The number of nitrogens with one attached hydrogen (secondary N) is 2. The average molecular weight is 284 g/mol. The fourth-order valence-electron chi connectivity index (χ4n) is 1.67. The molecule has 0 heterocycles. The summed E-state index contributed by atoms with van der Waals surface area (Å²) in [5, 5.41) is 3.24. The molecule has 2 N–H and O–H groups in total. The molecule has 0 amide bonds. The molecule has 1 atom stereocenters. The Morgan fingerprint density at radius 3 is 2.21 bits per heavy atom. The van der Waals surface area contributed by atoms with Gasteiger partial charge in [-0.2, -0.15) is 0 Å². The van der Waals surface area contributed by atoms with Crippen LogP contribution in [0.4, 0.5) is 0 Å². The lowest BCUT2D eigenvalue weighted by atomic mass is 10.1. The second-order valence-corrected chi connectivity index (χ2v) is 6.54. The van der Waals surface area contributed by atoms with Crippen molar-refractivity contribution in [3.05, 3.63) is 35.4 Å². The van der Waals surface area contributed by atoms with Gasteiger partial charge in [0.2, 0.25) is 10.0 Å². The molecular weight excluding hydrogens is 260 g/mol. The van der Waals surface area contributed by atoms with Crippen molar-refractivity contribution < 1.29 is 8.42 Å². The number of benzene rings is 1. The van der Waals surface area contributed by atoms with Crippen molar-refractivity contribution >= 4 is 10.0 Å². The first kappa shape index (κ1) is 16.1. The highest BCUT2D eigenvalue weighted by Crippen LogP contribution is 2.08. The van der Waals surface area contributed by atoms with Crippen LogP contribution in [-0.2, 0) is 22.3 Å². The molecule has 1 aromatic carbocycles. The van der Waals surface area contributed by atoms with E-state index in [-0.39, 0.29) is 11.8 Å². The van der Waals surface area contributed by atoms with Crippen LogP contribution in [0.2, 0.25) is 0 Å². The second kappa shape index (κ2) is 7.62. The molecule has 0 aliphatic heterocycles. The van der Waals surface area contributed by atoms with Gasteiger partial charge in [-0.15, -0.1) is 0 Å². The molecule has 0 radical (unpaired) electrons. The second-order valence-electron chi connectivity index (χ2n) is 4.78. The van der Waals surface area contributed by atoms with Crippen LogP contribution in [0.3, 0.4) is 0 Å². The van der Waals surface area contributed by atoms with Crippen LogP contribution < -0.4 is 10.0 Å². The van der Waals surface area contributed by atoms with E-state index in [9.17, 15) is 8.42 Å². The summed E-state index contributed by atoms with van der Waals surface area (Å²) in [6.45, 7) is 7.63. The smallest absolute Gasteiger partial charge is 0.216 e. The van der Waals surface area contributed by atoms with Crippen molar-refractivity contribution in [2.75, 3.05) is 6.54 Å². The minimum Gasteiger partial charge on any atom is -0.313 e. The van der Waals surface area contributed by atoms with Gasteiger partial charge in [0.1, 0.15) is 0 Å². The molecule has 0 aliphatic carbocycles. The van der Waals surface area contributed by atoms with Gasteiger partial charge in [-0.05, 0) is 31.0 Å². The van der Waals surface area contributed by atoms with E-state index >= 15 is 0 Å². The van der Waals surface area contributed by atoms with Crippen LogP contribution in [0, 0.1) is 0 Å². The van der Waals surface area contributed by atoms with Gasteiger partial charge < -0.3 is 5.32 Å². The summed E-state index contributed by atoms with van der Waals surface area (Å²) in [6.07, 6.45) is 0.793. The number of hydrogen-bond acceptors (Lipinski definition) is 3. The van der Waals surface area contributed by atoms with E-state index in [1.807, 2.05) is 38.1 Å². The molecule has 19 heavy (non-hydrogen) atoms. The summed E-state index contributed by atoms with van der Waals surface area (Å²) >= 11 is 0. The van der Waals surface area contributed by atoms with Gasteiger partial charge in [-0.1, -0.05) is 38.1 Å². The first-order valence-electron chi connectivity index (χ1n) is 6.75. The predicted octanol–water partition coefficient (Wildman–Crippen LogP) is 2.01. The van der Waals surface area contributed by atoms with Crippen LogP contribution in [0.1, 0.15) is 38.3 Å². The lowest BCUT2D eigenvalue weighted by Gasteiger charge is -2.12. The van der Waals surface area contributed by atoms with E-state index in [1.165, 1.54) is 0 Å². The molecule has 5 heteroatoms. The van der Waals surface area contributed by atoms with E-state index in [1.54, 1.807) is 0 Å². The largest absolute Gasteiger partial charge is 0.313 e. The maximum Gasteiger partial charge on any atom is 0.216 e. The zero-order valence-corrected chi connectivity index (χ0v) is 12.8. The number of hydrogen-bond donors (Lipinski definition) is 2. The quantitative estimate of drug-likeness (QED) is 0.768. The van der Waals surface area contributed by atoms with Crippen molar-refractivity contribution in [3.63, 3.8) is 0 Å². The standard InChI is InChI=1S/C14H24N2O2S/c1-4-12(3)16-19(17,18)11-14-8-6-13(7-9-14)10-15-5-2/h6-9,12,15-16H,4-5,10-11H2,1-3H3. The fourth-order valence-corrected chi connectivity index (χ4v) is 3.17. The molecule has 0 aromatic heterocycles. The zero-order chi connectivity index (χ0) is 14.3. The molecule has 0 spiro atoms. The minimum absolute atomic E-state index is 0.0157. The Morgan fingerprint density at radius 2 is 1.68 bits per heavy atom. The lowest BCUT2D eigenvalue weighted by molar-refractivity contribution is 0.555. The summed E-state index contributed by atoms with van der Waals surface area (Å²) in [5.74, 6) is 0.0405. The minimum atomic E-state index is -3.24. The van der Waals surface area contributed by atoms with E-state index in [4.69, 9.17) is 0 Å². The Hall–Kier alpha value is -0.910. The Labute approximate surface area is 116 Å². The Bertz CT molecular complexity index is 469. The molecule has 1 unspecified atom stereocenters. The van der Waals surface area contributed by atoms with Gasteiger partial charge in [-0.3, -0.25) is 0 Å². The molecule has 4 nitrogen and oxygen atoms in total. The molecular formula is C14H24N2O2S.